The molecule has 1 fully saturated rings. The molecule has 0 radical (unpaired) electrons. The molecule has 0 aliphatic carbocycles. The first-order valence-electron chi connectivity index (χ1n) is 6.83. The van der Waals surface area contributed by atoms with Crippen LogP contribution in [0.4, 0.5) is 0 Å². The molecule has 1 aliphatic heterocycles. The minimum Gasteiger partial charge on any atom is -0.381 e. The minimum absolute atomic E-state index is 0.0220. The largest absolute Gasteiger partial charge is 0.381 e. The Morgan fingerprint density at radius 1 is 1.39 bits per heavy atom. The van der Waals surface area contributed by atoms with Crippen LogP contribution in [0, 0.1) is 5.92 Å². The zero-order valence-electron chi connectivity index (χ0n) is 11.4. The number of sulfonamides is 1. The van der Waals surface area contributed by atoms with Gasteiger partial charge in [-0.1, -0.05) is 6.92 Å². The van der Waals surface area contributed by atoms with Crippen LogP contribution >= 0.6 is 0 Å². The Morgan fingerprint density at radius 3 is 2.78 bits per heavy atom. The summed E-state index contributed by atoms with van der Waals surface area (Å²) in [5.41, 5.74) is 0. The van der Waals surface area contributed by atoms with Gasteiger partial charge >= 0.3 is 0 Å². The van der Waals surface area contributed by atoms with E-state index >= 15 is 0 Å². The molecule has 1 heterocycles. The molecule has 2 atom stereocenters. The summed E-state index contributed by atoms with van der Waals surface area (Å²) in [6.45, 7) is 7.21. The predicted molar refractivity (Wildman–Crippen MR) is 73.1 cm³/mol. The van der Waals surface area contributed by atoms with Crippen LogP contribution in [0.3, 0.4) is 0 Å². The molecule has 1 saturated heterocycles. The lowest BCUT2D eigenvalue weighted by Gasteiger charge is -2.19. The molecule has 6 heteroatoms. The number of hydrogen-bond donors (Lipinski definition) is 2. The molecule has 18 heavy (non-hydrogen) atoms. The molecular formula is C12H26N2O3S. The van der Waals surface area contributed by atoms with Gasteiger partial charge in [-0.15, -0.1) is 0 Å². The first kappa shape index (κ1) is 15.9. The average molecular weight is 278 g/mol. The molecule has 2 N–H and O–H groups in total. The summed E-state index contributed by atoms with van der Waals surface area (Å²) in [6.07, 6.45) is 2.55. The third kappa shape index (κ3) is 6.13. The van der Waals surface area contributed by atoms with Crippen molar-refractivity contribution in [3.8, 4) is 0 Å². The minimum atomic E-state index is -3.14. The Morgan fingerprint density at radius 2 is 2.17 bits per heavy atom. The van der Waals surface area contributed by atoms with E-state index in [4.69, 9.17) is 4.74 Å². The van der Waals surface area contributed by atoms with Gasteiger partial charge in [-0.25, -0.2) is 13.1 Å². The van der Waals surface area contributed by atoms with Gasteiger partial charge in [0.2, 0.25) is 10.0 Å². The average Bonchev–Trinajstić information content (AvgIpc) is 2.81. The third-order valence-electron chi connectivity index (χ3n) is 3.30. The second-order valence-electron chi connectivity index (χ2n) is 4.91. The van der Waals surface area contributed by atoms with E-state index in [0.717, 1.165) is 32.5 Å². The monoisotopic (exact) mass is 278 g/mol. The van der Waals surface area contributed by atoms with Gasteiger partial charge in [-0.3, -0.25) is 0 Å². The van der Waals surface area contributed by atoms with Crippen molar-refractivity contribution in [1.29, 1.82) is 0 Å². The Kier molecular flexibility index (Phi) is 7.14. The number of unbranched alkanes of at least 4 members (excludes halogenated alkanes) is 1. The normalized spacial score (nSPS) is 22.2. The van der Waals surface area contributed by atoms with Crippen molar-refractivity contribution in [3.05, 3.63) is 0 Å². The molecule has 0 aromatic heterocycles. The highest BCUT2D eigenvalue weighted by atomic mass is 32.2. The van der Waals surface area contributed by atoms with Gasteiger partial charge in [0.15, 0.2) is 0 Å². The van der Waals surface area contributed by atoms with E-state index in [1.165, 1.54) is 0 Å². The van der Waals surface area contributed by atoms with Crippen molar-refractivity contribution in [2.45, 2.75) is 39.2 Å². The summed E-state index contributed by atoms with van der Waals surface area (Å²) in [6, 6.07) is -0.0220. The fourth-order valence-corrected chi connectivity index (χ4v) is 3.57. The van der Waals surface area contributed by atoms with Crippen molar-refractivity contribution in [1.82, 2.24) is 10.0 Å². The van der Waals surface area contributed by atoms with E-state index in [1.807, 2.05) is 13.8 Å². The van der Waals surface area contributed by atoms with Crippen LogP contribution in [0.25, 0.3) is 0 Å². The summed E-state index contributed by atoms with van der Waals surface area (Å²) in [7, 11) is -3.14. The topological polar surface area (TPSA) is 67.4 Å². The molecule has 1 rings (SSSR count). The quantitative estimate of drug-likeness (QED) is 0.610. The van der Waals surface area contributed by atoms with Crippen LogP contribution in [0.1, 0.15) is 33.1 Å². The molecule has 0 amide bonds. The smallest absolute Gasteiger partial charge is 0.211 e. The second kappa shape index (κ2) is 8.09. The van der Waals surface area contributed by atoms with E-state index in [1.54, 1.807) is 0 Å². The summed E-state index contributed by atoms with van der Waals surface area (Å²) in [5.74, 6) is 0.539. The summed E-state index contributed by atoms with van der Waals surface area (Å²) in [4.78, 5) is 0. The van der Waals surface area contributed by atoms with E-state index in [9.17, 15) is 8.42 Å². The van der Waals surface area contributed by atoms with Gasteiger partial charge in [0.25, 0.3) is 0 Å². The zero-order valence-corrected chi connectivity index (χ0v) is 12.3. The molecule has 0 spiro atoms. The fraction of sp³-hybridized carbons (Fsp3) is 1.00. The van der Waals surface area contributed by atoms with Crippen molar-refractivity contribution in [2.24, 2.45) is 5.92 Å². The molecule has 0 saturated carbocycles. The molecule has 2 unspecified atom stereocenters. The maximum atomic E-state index is 11.9. The van der Waals surface area contributed by atoms with Crippen molar-refractivity contribution in [2.75, 3.05) is 32.1 Å². The Bertz CT molecular complexity index is 313. The van der Waals surface area contributed by atoms with Gasteiger partial charge in [0, 0.05) is 18.6 Å². The van der Waals surface area contributed by atoms with E-state index in [0.29, 0.717) is 18.9 Å². The SMILES string of the molecule is CCNCCCCS(=O)(=O)NC(C)C1CCOC1. The van der Waals surface area contributed by atoms with Crippen molar-refractivity contribution >= 4 is 10.0 Å². The first-order valence-corrected chi connectivity index (χ1v) is 8.49. The van der Waals surface area contributed by atoms with Gasteiger partial charge in [0.05, 0.1) is 12.4 Å². The predicted octanol–water partition coefficient (Wildman–Crippen LogP) is 0.721. The number of hydrogen-bond acceptors (Lipinski definition) is 4. The Hall–Kier alpha value is -0.170. The molecule has 108 valence electrons. The summed E-state index contributed by atoms with van der Waals surface area (Å²) < 4.78 is 31.8. The van der Waals surface area contributed by atoms with E-state index < -0.39 is 10.0 Å². The van der Waals surface area contributed by atoms with Gasteiger partial charge in [-0.2, -0.15) is 0 Å². The highest BCUT2D eigenvalue weighted by Gasteiger charge is 2.25. The Balaban J connectivity index is 2.21. The van der Waals surface area contributed by atoms with Gasteiger partial charge in [-0.05, 0) is 39.3 Å². The fourth-order valence-electron chi connectivity index (χ4n) is 2.10. The van der Waals surface area contributed by atoms with Crippen LogP contribution in [-0.4, -0.2) is 46.5 Å². The summed E-state index contributed by atoms with van der Waals surface area (Å²) in [5, 5.41) is 3.19. The number of rotatable bonds is 9. The van der Waals surface area contributed by atoms with Crippen LogP contribution in [-0.2, 0) is 14.8 Å². The molecular weight excluding hydrogens is 252 g/mol. The Labute approximate surface area is 111 Å². The lowest BCUT2D eigenvalue weighted by Crippen LogP contribution is -2.39. The van der Waals surface area contributed by atoms with Crippen LogP contribution < -0.4 is 10.0 Å². The number of nitrogens with one attached hydrogen (secondary N) is 2. The first-order chi connectivity index (χ1) is 8.55. The number of ether oxygens (including phenoxy) is 1. The molecule has 0 bridgehead atoms. The van der Waals surface area contributed by atoms with Gasteiger partial charge in [0.1, 0.15) is 0 Å². The van der Waals surface area contributed by atoms with Crippen LogP contribution in [0.5, 0.6) is 0 Å². The zero-order chi connectivity index (χ0) is 13.4. The van der Waals surface area contributed by atoms with E-state index in [-0.39, 0.29) is 11.8 Å². The van der Waals surface area contributed by atoms with E-state index in [2.05, 4.69) is 10.0 Å². The molecule has 1 aliphatic rings. The molecule has 0 aromatic rings. The third-order valence-corrected chi connectivity index (χ3v) is 4.86. The van der Waals surface area contributed by atoms with Crippen molar-refractivity contribution in [3.63, 3.8) is 0 Å². The second-order valence-corrected chi connectivity index (χ2v) is 6.78. The van der Waals surface area contributed by atoms with Crippen LogP contribution in [0.15, 0.2) is 0 Å². The molecule has 0 aromatic carbocycles. The van der Waals surface area contributed by atoms with Crippen molar-refractivity contribution < 1.29 is 13.2 Å². The van der Waals surface area contributed by atoms with Gasteiger partial charge < -0.3 is 10.1 Å². The maximum Gasteiger partial charge on any atom is 0.211 e. The molecule has 5 nitrogen and oxygen atoms in total. The van der Waals surface area contributed by atoms with Crippen LogP contribution in [0.2, 0.25) is 0 Å². The summed E-state index contributed by atoms with van der Waals surface area (Å²) >= 11 is 0. The lowest BCUT2D eigenvalue weighted by molar-refractivity contribution is 0.180. The highest BCUT2D eigenvalue weighted by molar-refractivity contribution is 7.89. The maximum absolute atomic E-state index is 11.9. The standard InChI is InChI=1S/C12H26N2O3S/c1-3-13-7-4-5-9-18(15,16)14-11(2)12-6-8-17-10-12/h11-14H,3-10H2,1-2H3. The highest BCUT2D eigenvalue weighted by Crippen LogP contribution is 2.17. The lowest BCUT2D eigenvalue weighted by atomic mass is 10.0.